The van der Waals surface area contributed by atoms with E-state index in [1.165, 1.54) is 6.07 Å². The summed E-state index contributed by atoms with van der Waals surface area (Å²) in [5, 5.41) is 11.6. The molecule has 1 aromatic heterocycles. The van der Waals surface area contributed by atoms with Crippen molar-refractivity contribution < 1.29 is 13.9 Å². The zero-order valence-electron chi connectivity index (χ0n) is 10.1. The summed E-state index contributed by atoms with van der Waals surface area (Å²) >= 11 is 9.26. The van der Waals surface area contributed by atoms with Crippen LogP contribution in [0.25, 0.3) is 11.0 Å². The standard InChI is InChI=1S/C15H9BrClFO2/c16-9-4-2-6-11(18)13(9)14(19)12-7-8-3-1-5-10(17)15(8)20-12/h1-7,14,19H. The van der Waals surface area contributed by atoms with Gasteiger partial charge in [0.15, 0.2) is 5.58 Å². The van der Waals surface area contributed by atoms with Crippen LogP contribution < -0.4 is 0 Å². The number of aliphatic hydroxyl groups is 1. The number of aliphatic hydroxyl groups excluding tert-OH is 1. The fourth-order valence-corrected chi connectivity index (χ4v) is 2.88. The molecule has 0 spiro atoms. The molecule has 2 nitrogen and oxygen atoms in total. The van der Waals surface area contributed by atoms with Gasteiger partial charge in [-0.3, -0.25) is 0 Å². The lowest BCUT2D eigenvalue weighted by molar-refractivity contribution is 0.187. The van der Waals surface area contributed by atoms with E-state index in [-0.39, 0.29) is 11.3 Å². The van der Waals surface area contributed by atoms with Crippen LogP contribution in [0.5, 0.6) is 0 Å². The first kappa shape index (κ1) is 13.6. The third kappa shape index (κ3) is 2.24. The summed E-state index contributed by atoms with van der Waals surface area (Å²) in [7, 11) is 0. The molecule has 5 heteroatoms. The van der Waals surface area contributed by atoms with Crippen molar-refractivity contribution in [2.24, 2.45) is 0 Å². The highest BCUT2D eigenvalue weighted by atomic mass is 79.9. The molecule has 1 unspecified atom stereocenters. The van der Waals surface area contributed by atoms with Crippen molar-refractivity contribution in [1.82, 2.24) is 0 Å². The van der Waals surface area contributed by atoms with Gasteiger partial charge in [-0.15, -0.1) is 0 Å². The molecule has 0 aliphatic carbocycles. The van der Waals surface area contributed by atoms with Crippen LogP contribution in [0, 0.1) is 5.82 Å². The molecule has 20 heavy (non-hydrogen) atoms. The van der Waals surface area contributed by atoms with Gasteiger partial charge in [-0.05, 0) is 24.3 Å². The lowest BCUT2D eigenvalue weighted by Gasteiger charge is -2.11. The number of fused-ring (bicyclic) bond motifs is 1. The predicted octanol–water partition coefficient (Wildman–Crippen LogP) is 5.07. The average Bonchev–Trinajstić information content (AvgIpc) is 2.84. The summed E-state index contributed by atoms with van der Waals surface area (Å²) in [6, 6.07) is 11.5. The van der Waals surface area contributed by atoms with Crippen molar-refractivity contribution in [3.05, 3.63) is 69.1 Å². The SMILES string of the molecule is OC(c1cc2cccc(Cl)c2o1)c1c(F)cccc1Br. The van der Waals surface area contributed by atoms with Gasteiger partial charge in [-0.2, -0.15) is 0 Å². The topological polar surface area (TPSA) is 33.4 Å². The van der Waals surface area contributed by atoms with E-state index in [1.54, 1.807) is 30.3 Å². The van der Waals surface area contributed by atoms with Gasteiger partial charge in [0.2, 0.25) is 0 Å². The van der Waals surface area contributed by atoms with Crippen LogP contribution in [0.15, 0.2) is 51.4 Å². The Bertz CT molecular complexity index is 764. The van der Waals surface area contributed by atoms with E-state index in [1.807, 2.05) is 6.07 Å². The average molecular weight is 356 g/mol. The lowest BCUT2D eigenvalue weighted by Crippen LogP contribution is -2.02. The number of rotatable bonds is 2. The molecular weight excluding hydrogens is 347 g/mol. The molecule has 1 atom stereocenters. The molecular formula is C15H9BrClFO2. The summed E-state index contributed by atoms with van der Waals surface area (Å²) in [6.07, 6.45) is -1.20. The van der Waals surface area contributed by atoms with Gasteiger partial charge in [0.25, 0.3) is 0 Å². The van der Waals surface area contributed by atoms with Crippen LogP contribution in [0.2, 0.25) is 5.02 Å². The minimum absolute atomic E-state index is 0.141. The van der Waals surface area contributed by atoms with Crippen LogP contribution >= 0.6 is 27.5 Å². The Balaban J connectivity index is 2.13. The summed E-state index contributed by atoms with van der Waals surface area (Å²) in [4.78, 5) is 0. The van der Waals surface area contributed by atoms with Gasteiger partial charge in [0.1, 0.15) is 17.7 Å². The molecule has 0 saturated heterocycles. The number of furan rings is 1. The minimum atomic E-state index is -1.20. The largest absolute Gasteiger partial charge is 0.456 e. The van der Waals surface area contributed by atoms with Gasteiger partial charge < -0.3 is 9.52 Å². The van der Waals surface area contributed by atoms with E-state index in [0.29, 0.717) is 15.1 Å². The van der Waals surface area contributed by atoms with Gasteiger partial charge in [-0.1, -0.05) is 45.7 Å². The Morgan fingerprint density at radius 3 is 2.65 bits per heavy atom. The summed E-state index contributed by atoms with van der Waals surface area (Å²) in [5.74, 6) is -0.252. The second-order valence-electron chi connectivity index (χ2n) is 4.34. The maximum Gasteiger partial charge on any atom is 0.153 e. The quantitative estimate of drug-likeness (QED) is 0.696. The Kier molecular flexibility index (Phi) is 3.54. The third-order valence-corrected chi connectivity index (χ3v) is 4.05. The monoisotopic (exact) mass is 354 g/mol. The summed E-state index contributed by atoms with van der Waals surface area (Å²) in [5.41, 5.74) is 0.623. The zero-order valence-corrected chi connectivity index (χ0v) is 12.5. The van der Waals surface area contributed by atoms with E-state index in [9.17, 15) is 9.50 Å². The maximum absolute atomic E-state index is 13.9. The highest BCUT2D eigenvalue weighted by molar-refractivity contribution is 9.10. The first-order valence-corrected chi connectivity index (χ1v) is 7.05. The Morgan fingerprint density at radius 2 is 1.95 bits per heavy atom. The van der Waals surface area contributed by atoms with Crippen LogP contribution in [0.3, 0.4) is 0 Å². The molecule has 2 aromatic carbocycles. The Morgan fingerprint density at radius 1 is 1.20 bits per heavy atom. The number of para-hydroxylation sites is 1. The lowest BCUT2D eigenvalue weighted by atomic mass is 10.1. The van der Waals surface area contributed by atoms with Crippen molar-refractivity contribution >= 4 is 38.5 Å². The van der Waals surface area contributed by atoms with E-state index in [2.05, 4.69) is 15.9 Å². The van der Waals surface area contributed by atoms with E-state index >= 15 is 0 Å². The van der Waals surface area contributed by atoms with Gasteiger partial charge in [0, 0.05) is 15.4 Å². The van der Waals surface area contributed by atoms with E-state index in [0.717, 1.165) is 5.39 Å². The smallest absolute Gasteiger partial charge is 0.153 e. The fraction of sp³-hybridized carbons (Fsp3) is 0.0667. The van der Waals surface area contributed by atoms with Crippen molar-refractivity contribution in [3.8, 4) is 0 Å². The van der Waals surface area contributed by atoms with Crippen molar-refractivity contribution in [2.75, 3.05) is 0 Å². The molecule has 0 saturated carbocycles. The van der Waals surface area contributed by atoms with Crippen LogP contribution in [0.1, 0.15) is 17.4 Å². The van der Waals surface area contributed by atoms with Gasteiger partial charge in [-0.25, -0.2) is 4.39 Å². The highest BCUT2D eigenvalue weighted by Gasteiger charge is 2.22. The number of benzene rings is 2. The molecule has 102 valence electrons. The molecule has 0 radical (unpaired) electrons. The number of hydrogen-bond acceptors (Lipinski definition) is 2. The van der Waals surface area contributed by atoms with Crippen LogP contribution in [-0.2, 0) is 0 Å². The molecule has 3 rings (SSSR count). The van der Waals surface area contributed by atoms with E-state index in [4.69, 9.17) is 16.0 Å². The molecule has 3 aromatic rings. The van der Waals surface area contributed by atoms with E-state index < -0.39 is 11.9 Å². The molecule has 0 aliphatic heterocycles. The second-order valence-corrected chi connectivity index (χ2v) is 5.61. The molecule has 0 fully saturated rings. The summed E-state index contributed by atoms with van der Waals surface area (Å²) < 4.78 is 19.9. The highest BCUT2D eigenvalue weighted by Crippen LogP contribution is 2.35. The first-order chi connectivity index (χ1) is 9.58. The maximum atomic E-state index is 13.9. The minimum Gasteiger partial charge on any atom is -0.456 e. The predicted molar refractivity (Wildman–Crippen MR) is 79.4 cm³/mol. The number of halogens is 3. The van der Waals surface area contributed by atoms with Crippen molar-refractivity contribution in [3.63, 3.8) is 0 Å². The van der Waals surface area contributed by atoms with Gasteiger partial charge in [0.05, 0.1) is 5.02 Å². The Labute approximate surface area is 127 Å². The Hall–Kier alpha value is -1.36. The van der Waals surface area contributed by atoms with Crippen LogP contribution in [-0.4, -0.2) is 5.11 Å². The number of hydrogen-bond donors (Lipinski definition) is 1. The first-order valence-electron chi connectivity index (χ1n) is 5.88. The molecule has 0 amide bonds. The zero-order chi connectivity index (χ0) is 14.3. The molecule has 0 aliphatic rings. The van der Waals surface area contributed by atoms with Crippen LogP contribution in [0.4, 0.5) is 4.39 Å². The molecule has 0 bridgehead atoms. The molecule has 1 N–H and O–H groups in total. The van der Waals surface area contributed by atoms with Crippen molar-refractivity contribution in [2.45, 2.75) is 6.10 Å². The summed E-state index contributed by atoms with van der Waals surface area (Å²) in [6.45, 7) is 0. The second kappa shape index (κ2) is 5.20. The van der Waals surface area contributed by atoms with Gasteiger partial charge >= 0.3 is 0 Å². The van der Waals surface area contributed by atoms with Crippen molar-refractivity contribution in [1.29, 1.82) is 0 Å². The third-order valence-electron chi connectivity index (χ3n) is 3.06. The fourth-order valence-electron chi connectivity index (χ4n) is 2.10. The molecule has 1 heterocycles. The normalized spacial score (nSPS) is 12.8.